The molecule has 0 aromatic carbocycles. The van der Waals surface area contributed by atoms with E-state index in [-0.39, 0.29) is 18.9 Å². The Bertz CT molecular complexity index is 550. The summed E-state index contributed by atoms with van der Waals surface area (Å²) in [6, 6.07) is -1.44. The van der Waals surface area contributed by atoms with Gasteiger partial charge in [-0.15, -0.1) is 0 Å². The Hall–Kier alpha value is -2.05. The number of carboxylic acid groups (broad SMARTS) is 1. The highest BCUT2D eigenvalue weighted by molar-refractivity contribution is 5.84. The number of nitrogens with zero attached hydrogens (tertiary/aromatic N) is 1. The third kappa shape index (κ3) is 4.96. The van der Waals surface area contributed by atoms with Gasteiger partial charge >= 0.3 is 18.0 Å². The molecule has 0 aromatic heterocycles. The molecular formula is C18H29NO6. The van der Waals surface area contributed by atoms with Crippen molar-refractivity contribution in [3.63, 3.8) is 0 Å². The van der Waals surface area contributed by atoms with Crippen LogP contribution in [-0.4, -0.2) is 52.3 Å². The molecule has 7 heteroatoms. The van der Waals surface area contributed by atoms with E-state index in [1.54, 1.807) is 41.5 Å². The van der Waals surface area contributed by atoms with Gasteiger partial charge in [0.1, 0.15) is 11.6 Å². The van der Waals surface area contributed by atoms with E-state index >= 15 is 0 Å². The summed E-state index contributed by atoms with van der Waals surface area (Å²) >= 11 is 0. The summed E-state index contributed by atoms with van der Waals surface area (Å²) in [4.78, 5) is 37.9. The molecule has 0 aromatic rings. The highest BCUT2D eigenvalue weighted by Crippen LogP contribution is 2.42. The SMILES string of the molecule is C=C(C)[C@@H]1[C@H](CC(=O)O)[C@@H](C(=O)OCC)N(C(=O)OC(C)(C)C)[C@@H]1C. The first-order valence-electron chi connectivity index (χ1n) is 8.45. The highest BCUT2D eigenvalue weighted by Gasteiger charge is 2.54. The zero-order valence-corrected chi connectivity index (χ0v) is 15.9. The van der Waals surface area contributed by atoms with Gasteiger partial charge in [0.05, 0.1) is 13.0 Å². The lowest BCUT2D eigenvalue weighted by molar-refractivity contribution is -0.150. The van der Waals surface area contributed by atoms with Crippen LogP contribution in [0.2, 0.25) is 0 Å². The second kappa shape index (κ2) is 7.89. The second-order valence-electron chi connectivity index (χ2n) is 7.46. The average Bonchev–Trinajstić information content (AvgIpc) is 2.68. The molecule has 1 fully saturated rings. The fourth-order valence-electron chi connectivity index (χ4n) is 3.51. The number of ether oxygens (including phenoxy) is 2. The van der Waals surface area contributed by atoms with Crippen LogP contribution in [0.4, 0.5) is 4.79 Å². The lowest BCUT2D eigenvalue weighted by atomic mass is 9.81. The van der Waals surface area contributed by atoms with E-state index in [0.29, 0.717) is 0 Å². The fourth-order valence-corrected chi connectivity index (χ4v) is 3.51. The van der Waals surface area contributed by atoms with E-state index in [1.165, 1.54) is 4.90 Å². The van der Waals surface area contributed by atoms with Gasteiger partial charge < -0.3 is 14.6 Å². The van der Waals surface area contributed by atoms with Crippen LogP contribution in [0.3, 0.4) is 0 Å². The summed E-state index contributed by atoms with van der Waals surface area (Å²) in [6.07, 6.45) is -0.915. The van der Waals surface area contributed by atoms with E-state index in [2.05, 4.69) is 6.58 Å². The molecule has 7 nitrogen and oxygen atoms in total. The largest absolute Gasteiger partial charge is 0.481 e. The standard InChI is InChI=1S/C18H29NO6/c1-8-24-16(22)15-12(9-13(20)21)14(10(2)3)11(4)19(15)17(23)25-18(5,6)7/h11-12,14-15H,2,8-9H2,1,3-7H3,(H,20,21)/t11-,12+,14+,15+/m1/s1. The van der Waals surface area contributed by atoms with Gasteiger partial charge in [0.2, 0.25) is 0 Å². The van der Waals surface area contributed by atoms with Gasteiger partial charge in [-0.1, -0.05) is 12.2 Å². The lowest BCUT2D eigenvalue weighted by Gasteiger charge is -2.31. The van der Waals surface area contributed by atoms with Crippen molar-refractivity contribution in [1.29, 1.82) is 0 Å². The van der Waals surface area contributed by atoms with Crippen LogP contribution in [0.15, 0.2) is 12.2 Å². The van der Waals surface area contributed by atoms with Crippen LogP contribution < -0.4 is 0 Å². The number of carbonyl (C=O) groups excluding carboxylic acids is 2. The molecule has 0 saturated carbocycles. The predicted molar refractivity (Wildman–Crippen MR) is 92.0 cm³/mol. The zero-order chi connectivity index (χ0) is 19.5. The minimum absolute atomic E-state index is 0.142. The second-order valence-corrected chi connectivity index (χ2v) is 7.46. The smallest absolute Gasteiger partial charge is 0.411 e. The third-order valence-corrected chi connectivity index (χ3v) is 4.24. The maximum atomic E-state index is 12.7. The topological polar surface area (TPSA) is 93.1 Å². The molecule has 25 heavy (non-hydrogen) atoms. The first-order valence-corrected chi connectivity index (χ1v) is 8.45. The maximum absolute atomic E-state index is 12.7. The molecule has 142 valence electrons. The Morgan fingerprint density at radius 1 is 1.24 bits per heavy atom. The Morgan fingerprint density at radius 3 is 2.20 bits per heavy atom. The number of carboxylic acids is 1. The third-order valence-electron chi connectivity index (χ3n) is 4.24. The number of hydrogen-bond donors (Lipinski definition) is 1. The van der Waals surface area contributed by atoms with Gasteiger partial charge in [-0.3, -0.25) is 9.69 Å². The van der Waals surface area contributed by atoms with E-state index in [1.807, 2.05) is 0 Å². The molecule has 0 spiro atoms. The Morgan fingerprint density at radius 2 is 1.80 bits per heavy atom. The zero-order valence-electron chi connectivity index (χ0n) is 15.9. The van der Waals surface area contributed by atoms with E-state index < -0.39 is 41.6 Å². The van der Waals surface area contributed by atoms with Gasteiger partial charge in [0.15, 0.2) is 0 Å². The van der Waals surface area contributed by atoms with Crippen LogP contribution in [0.25, 0.3) is 0 Å². The van der Waals surface area contributed by atoms with Crippen molar-refractivity contribution >= 4 is 18.0 Å². The van der Waals surface area contributed by atoms with Gasteiger partial charge in [-0.05, 0) is 41.5 Å². The molecule has 1 amide bonds. The average molecular weight is 355 g/mol. The van der Waals surface area contributed by atoms with Crippen LogP contribution in [0.1, 0.15) is 48.0 Å². The quantitative estimate of drug-likeness (QED) is 0.602. The van der Waals surface area contributed by atoms with Gasteiger partial charge in [-0.25, -0.2) is 9.59 Å². The molecule has 0 radical (unpaired) electrons. The van der Waals surface area contributed by atoms with Crippen molar-refractivity contribution < 1.29 is 29.0 Å². The van der Waals surface area contributed by atoms with Crippen molar-refractivity contribution in [2.75, 3.05) is 6.61 Å². The monoisotopic (exact) mass is 355 g/mol. The fraction of sp³-hybridized carbons (Fsp3) is 0.722. The molecule has 0 bridgehead atoms. The first-order chi connectivity index (χ1) is 11.4. The molecule has 1 heterocycles. The summed E-state index contributed by atoms with van der Waals surface area (Å²) in [7, 11) is 0. The van der Waals surface area contributed by atoms with Crippen molar-refractivity contribution in [1.82, 2.24) is 4.90 Å². The number of carbonyl (C=O) groups is 3. The molecule has 1 aliphatic rings. The molecule has 1 saturated heterocycles. The molecular weight excluding hydrogens is 326 g/mol. The number of hydrogen-bond acceptors (Lipinski definition) is 5. The van der Waals surface area contributed by atoms with Crippen molar-refractivity contribution in [2.24, 2.45) is 11.8 Å². The Kier molecular flexibility index (Phi) is 6.62. The van der Waals surface area contributed by atoms with Gasteiger partial charge in [0.25, 0.3) is 0 Å². The van der Waals surface area contributed by atoms with Crippen molar-refractivity contribution in [2.45, 2.75) is 65.6 Å². The molecule has 1 rings (SSSR count). The minimum atomic E-state index is -1.04. The number of esters is 1. The molecule has 0 unspecified atom stereocenters. The van der Waals surface area contributed by atoms with Gasteiger partial charge in [0, 0.05) is 17.9 Å². The van der Waals surface area contributed by atoms with Crippen LogP contribution in [-0.2, 0) is 19.1 Å². The van der Waals surface area contributed by atoms with E-state index in [0.717, 1.165) is 5.57 Å². The van der Waals surface area contributed by atoms with E-state index in [4.69, 9.17) is 9.47 Å². The summed E-state index contributed by atoms with van der Waals surface area (Å²) in [5.41, 5.74) is -0.0151. The number of aliphatic carboxylic acids is 1. The summed E-state index contributed by atoms with van der Waals surface area (Å²) < 4.78 is 10.5. The molecule has 4 atom stereocenters. The van der Waals surface area contributed by atoms with Crippen LogP contribution >= 0.6 is 0 Å². The van der Waals surface area contributed by atoms with Crippen LogP contribution in [0, 0.1) is 11.8 Å². The summed E-state index contributed by atoms with van der Waals surface area (Å²) in [5, 5.41) is 9.28. The highest BCUT2D eigenvalue weighted by atomic mass is 16.6. The Balaban J connectivity index is 3.33. The molecule has 1 N–H and O–H groups in total. The minimum Gasteiger partial charge on any atom is -0.481 e. The van der Waals surface area contributed by atoms with Crippen molar-refractivity contribution in [3.8, 4) is 0 Å². The summed E-state index contributed by atoms with van der Waals surface area (Å²) in [5.74, 6) is -2.60. The van der Waals surface area contributed by atoms with E-state index in [9.17, 15) is 19.5 Å². The van der Waals surface area contributed by atoms with Crippen molar-refractivity contribution in [3.05, 3.63) is 12.2 Å². The maximum Gasteiger partial charge on any atom is 0.411 e. The lowest BCUT2D eigenvalue weighted by Crippen LogP contribution is -2.48. The number of amides is 1. The number of likely N-dealkylation sites (tertiary alicyclic amines) is 1. The number of rotatable bonds is 5. The van der Waals surface area contributed by atoms with Gasteiger partial charge in [-0.2, -0.15) is 0 Å². The first kappa shape index (κ1) is 21.0. The predicted octanol–water partition coefficient (Wildman–Crippen LogP) is 2.84. The normalized spacial score (nSPS) is 26.2. The molecule has 1 aliphatic heterocycles. The molecule has 0 aliphatic carbocycles. The summed E-state index contributed by atoms with van der Waals surface area (Å²) in [6.45, 7) is 14.5. The van der Waals surface area contributed by atoms with Crippen LogP contribution in [0.5, 0.6) is 0 Å². The Labute approximate surface area is 149 Å².